The average Bonchev–Trinajstić information content (AvgIpc) is 2.87. The Kier molecular flexibility index (Phi) is 7.86. The molecule has 0 bridgehead atoms. The molecule has 0 atom stereocenters. The van der Waals surface area contributed by atoms with E-state index in [9.17, 15) is 0 Å². The molecule has 0 spiro atoms. The van der Waals surface area contributed by atoms with Crippen LogP contribution in [0, 0.1) is 6.92 Å². The molecule has 2 rings (SSSR count). The van der Waals surface area contributed by atoms with Gasteiger partial charge in [-0.1, -0.05) is 6.07 Å². The SMILES string of the molecule is CCNC(=NCc1cccc(C)n1)NCc1ccnn1C.I. The van der Waals surface area contributed by atoms with Gasteiger partial charge in [-0.05, 0) is 32.0 Å². The van der Waals surface area contributed by atoms with Gasteiger partial charge in [0, 0.05) is 25.5 Å². The van der Waals surface area contributed by atoms with E-state index in [4.69, 9.17) is 0 Å². The molecule has 0 aliphatic heterocycles. The molecular weight excluding hydrogens is 391 g/mol. The van der Waals surface area contributed by atoms with E-state index in [0.29, 0.717) is 13.1 Å². The zero-order chi connectivity index (χ0) is 15.1. The predicted octanol–water partition coefficient (Wildman–Crippen LogP) is 2.00. The molecule has 0 radical (unpaired) electrons. The Hall–Kier alpha value is -1.64. The van der Waals surface area contributed by atoms with Gasteiger partial charge in [0.15, 0.2) is 5.96 Å². The topological polar surface area (TPSA) is 67.1 Å². The number of guanidine groups is 1. The van der Waals surface area contributed by atoms with Crippen molar-refractivity contribution < 1.29 is 0 Å². The molecule has 0 amide bonds. The number of hydrogen-bond acceptors (Lipinski definition) is 3. The smallest absolute Gasteiger partial charge is 0.191 e. The fourth-order valence-corrected chi connectivity index (χ4v) is 1.94. The van der Waals surface area contributed by atoms with Gasteiger partial charge in [-0.25, -0.2) is 4.99 Å². The molecule has 0 unspecified atom stereocenters. The Bertz CT molecular complexity index is 608. The monoisotopic (exact) mass is 414 g/mol. The molecule has 0 aliphatic rings. The molecule has 7 heteroatoms. The molecule has 6 nitrogen and oxygen atoms in total. The molecule has 2 aromatic heterocycles. The Labute approximate surface area is 148 Å². The number of rotatable bonds is 5. The van der Waals surface area contributed by atoms with Crippen LogP contribution in [0.5, 0.6) is 0 Å². The number of nitrogens with one attached hydrogen (secondary N) is 2. The number of halogens is 1. The van der Waals surface area contributed by atoms with Crippen LogP contribution in [0.3, 0.4) is 0 Å². The first kappa shape index (κ1) is 18.4. The van der Waals surface area contributed by atoms with Crippen molar-refractivity contribution in [3.8, 4) is 0 Å². The highest BCUT2D eigenvalue weighted by molar-refractivity contribution is 14.0. The molecule has 0 saturated heterocycles. The Balaban J connectivity index is 0.00000242. The normalized spacial score (nSPS) is 11.0. The maximum Gasteiger partial charge on any atom is 0.191 e. The predicted molar refractivity (Wildman–Crippen MR) is 99.3 cm³/mol. The number of aryl methyl sites for hydroxylation is 2. The highest BCUT2D eigenvalue weighted by Crippen LogP contribution is 2.00. The molecule has 0 saturated carbocycles. The fourth-order valence-electron chi connectivity index (χ4n) is 1.94. The zero-order valence-corrected chi connectivity index (χ0v) is 15.5. The zero-order valence-electron chi connectivity index (χ0n) is 13.2. The molecule has 0 aromatic carbocycles. The summed E-state index contributed by atoms with van der Waals surface area (Å²) in [4.78, 5) is 9.01. The molecule has 0 aliphatic carbocycles. The van der Waals surface area contributed by atoms with Crippen LogP contribution in [0.15, 0.2) is 35.5 Å². The lowest BCUT2D eigenvalue weighted by Gasteiger charge is -2.11. The van der Waals surface area contributed by atoms with Gasteiger partial charge >= 0.3 is 0 Å². The standard InChI is InChI=1S/C15H22N6.HI/c1-4-16-15(18-11-14-8-9-19-21(14)3)17-10-13-7-5-6-12(2)20-13;/h5-9H,4,10-11H2,1-3H3,(H2,16,17,18);1H. The van der Waals surface area contributed by atoms with Crippen LogP contribution < -0.4 is 10.6 Å². The van der Waals surface area contributed by atoms with Crippen molar-refractivity contribution in [2.75, 3.05) is 6.54 Å². The Morgan fingerprint density at radius 3 is 2.73 bits per heavy atom. The molecule has 2 aromatic rings. The van der Waals surface area contributed by atoms with Gasteiger partial charge in [0.25, 0.3) is 0 Å². The van der Waals surface area contributed by atoms with E-state index >= 15 is 0 Å². The largest absolute Gasteiger partial charge is 0.357 e. The summed E-state index contributed by atoms with van der Waals surface area (Å²) in [5.74, 6) is 0.780. The molecule has 2 heterocycles. The van der Waals surface area contributed by atoms with Gasteiger partial charge in [0.1, 0.15) is 0 Å². The van der Waals surface area contributed by atoms with Crippen LogP contribution in [0.4, 0.5) is 0 Å². The minimum absolute atomic E-state index is 0. The van der Waals surface area contributed by atoms with Gasteiger partial charge in [-0.3, -0.25) is 9.67 Å². The van der Waals surface area contributed by atoms with Crippen molar-refractivity contribution in [3.63, 3.8) is 0 Å². The summed E-state index contributed by atoms with van der Waals surface area (Å²) in [6, 6.07) is 7.96. The summed E-state index contributed by atoms with van der Waals surface area (Å²) >= 11 is 0. The third-order valence-electron chi connectivity index (χ3n) is 3.05. The van der Waals surface area contributed by atoms with E-state index in [0.717, 1.165) is 29.6 Å². The Morgan fingerprint density at radius 2 is 2.09 bits per heavy atom. The van der Waals surface area contributed by atoms with Crippen LogP contribution in [-0.4, -0.2) is 27.3 Å². The number of pyridine rings is 1. The van der Waals surface area contributed by atoms with Crippen LogP contribution in [0.25, 0.3) is 0 Å². The molecular formula is C15H23IN6. The van der Waals surface area contributed by atoms with Gasteiger partial charge < -0.3 is 10.6 Å². The lowest BCUT2D eigenvalue weighted by Crippen LogP contribution is -2.37. The van der Waals surface area contributed by atoms with Crippen molar-refractivity contribution in [1.82, 2.24) is 25.4 Å². The molecule has 120 valence electrons. The number of aliphatic imine (C=N–C) groups is 1. The minimum atomic E-state index is 0. The highest BCUT2D eigenvalue weighted by Gasteiger charge is 2.01. The summed E-state index contributed by atoms with van der Waals surface area (Å²) < 4.78 is 1.85. The first-order valence-corrected chi connectivity index (χ1v) is 7.10. The van der Waals surface area contributed by atoms with E-state index in [1.807, 2.05) is 49.8 Å². The van der Waals surface area contributed by atoms with Crippen LogP contribution >= 0.6 is 24.0 Å². The summed E-state index contributed by atoms with van der Waals surface area (Å²) in [6.07, 6.45) is 1.79. The van der Waals surface area contributed by atoms with Crippen molar-refractivity contribution >= 4 is 29.9 Å². The second kappa shape index (κ2) is 9.39. The molecule has 0 fully saturated rings. The van der Waals surface area contributed by atoms with Crippen molar-refractivity contribution in [3.05, 3.63) is 47.5 Å². The maximum atomic E-state index is 4.56. The highest BCUT2D eigenvalue weighted by atomic mass is 127. The quantitative estimate of drug-likeness (QED) is 0.446. The lowest BCUT2D eigenvalue weighted by atomic mass is 10.3. The minimum Gasteiger partial charge on any atom is -0.357 e. The van der Waals surface area contributed by atoms with E-state index in [2.05, 4.69) is 25.7 Å². The maximum absolute atomic E-state index is 4.56. The molecule has 2 N–H and O–H groups in total. The number of aromatic nitrogens is 3. The molecule has 22 heavy (non-hydrogen) atoms. The average molecular weight is 414 g/mol. The van der Waals surface area contributed by atoms with E-state index in [1.54, 1.807) is 6.20 Å². The second-order valence-corrected chi connectivity index (χ2v) is 4.77. The first-order valence-electron chi connectivity index (χ1n) is 7.10. The first-order chi connectivity index (χ1) is 10.2. The van der Waals surface area contributed by atoms with Gasteiger partial charge in [-0.2, -0.15) is 5.10 Å². The summed E-state index contributed by atoms with van der Waals surface area (Å²) in [7, 11) is 1.93. The summed E-state index contributed by atoms with van der Waals surface area (Å²) in [5, 5.41) is 10.7. The summed E-state index contributed by atoms with van der Waals surface area (Å²) in [5.41, 5.74) is 3.08. The fraction of sp³-hybridized carbons (Fsp3) is 0.400. The van der Waals surface area contributed by atoms with E-state index in [-0.39, 0.29) is 24.0 Å². The van der Waals surface area contributed by atoms with Gasteiger partial charge in [0.2, 0.25) is 0 Å². The van der Waals surface area contributed by atoms with E-state index in [1.165, 1.54) is 0 Å². The van der Waals surface area contributed by atoms with Crippen molar-refractivity contribution in [1.29, 1.82) is 0 Å². The van der Waals surface area contributed by atoms with E-state index < -0.39 is 0 Å². The van der Waals surface area contributed by atoms with Crippen molar-refractivity contribution in [2.45, 2.75) is 26.9 Å². The van der Waals surface area contributed by atoms with Crippen LogP contribution in [-0.2, 0) is 20.1 Å². The van der Waals surface area contributed by atoms with Crippen LogP contribution in [0.2, 0.25) is 0 Å². The summed E-state index contributed by atoms with van der Waals surface area (Å²) in [6.45, 7) is 6.09. The Morgan fingerprint density at radius 1 is 1.27 bits per heavy atom. The number of hydrogen-bond donors (Lipinski definition) is 2. The third kappa shape index (κ3) is 5.63. The van der Waals surface area contributed by atoms with Crippen LogP contribution in [0.1, 0.15) is 24.0 Å². The van der Waals surface area contributed by atoms with Gasteiger partial charge in [-0.15, -0.1) is 24.0 Å². The third-order valence-corrected chi connectivity index (χ3v) is 3.05. The van der Waals surface area contributed by atoms with Crippen molar-refractivity contribution in [2.24, 2.45) is 12.0 Å². The second-order valence-electron chi connectivity index (χ2n) is 4.77. The lowest BCUT2D eigenvalue weighted by molar-refractivity contribution is 0.684. The van der Waals surface area contributed by atoms with Gasteiger partial charge in [0.05, 0.1) is 24.5 Å². The number of nitrogens with zero attached hydrogens (tertiary/aromatic N) is 4.